The van der Waals surface area contributed by atoms with Crippen LogP contribution < -0.4 is 0 Å². The van der Waals surface area contributed by atoms with Crippen LogP contribution in [0.25, 0.3) is 21.0 Å². The van der Waals surface area contributed by atoms with E-state index >= 15 is 0 Å². The van der Waals surface area contributed by atoms with Crippen molar-refractivity contribution in [2.45, 2.75) is 39.3 Å². The molecule has 1 fully saturated rings. The summed E-state index contributed by atoms with van der Waals surface area (Å²) in [5, 5.41) is 1.23. The quantitative estimate of drug-likeness (QED) is 0.427. The van der Waals surface area contributed by atoms with Gasteiger partial charge < -0.3 is 4.42 Å². The van der Waals surface area contributed by atoms with Gasteiger partial charge in [0, 0.05) is 11.4 Å². The third-order valence-corrected chi connectivity index (χ3v) is 7.28. The topological polar surface area (TPSA) is 42.2 Å². The molecular formula is C21H21N3OS2. The number of oxazole rings is 1. The zero-order valence-corrected chi connectivity index (χ0v) is 17.1. The van der Waals surface area contributed by atoms with Crippen molar-refractivity contribution in [1.29, 1.82) is 0 Å². The Morgan fingerprint density at radius 3 is 2.81 bits per heavy atom. The molecule has 27 heavy (non-hydrogen) atoms. The highest BCUT2D eigenvalue weighted by molar-refractivity contribution is 7.18. The van der Waals surface area contributed by atoms with Gasteiger partial charge in [0.15, 0.2) is 0 Å². The van der Waals surface area contributed by atoms with Crippen molar-refractivity contribution < 1.29 is 4.42 Å². The molecule has 1 aromatic carbocycles. The summed E-state index contributed by atoms with van der Waals surface area (Å²) in [4.78, 5) is 14.6. The van der Waals surface area contributed by atoms with Crippen molar-refractivity contribution in [3.63, 3.8) is 0 Å². The van der Waals surface area contributed by atoms with Crippen molar-refractivity contribution in [2.75, 3.05) is 6.54 Å². The Kier molecular flexibility index (Phi) is 4.34. The molecular weight excluding hydrogens is 374 g/mol. The number of hydrogen-bond donors (Lipinski definition) is 0. The summed E-state index contributed by atoms with van der Waals surface area (Å²) in [6, 6.07) is 13.0. The molecule has 5 rings (SSSR count). The number of benzene rings is 1. The highest BCUT2D eigenvalue weighted by Crippen LogP contribution is 2.38. The number of thiophene rings is 1. The second-order valence-corrected chi connectivity index (χ2v) is 9.43. The zero-order chi connectivity index (χ0) is 18.4. The van der Waals surface area contributed by atoms with Gasteiger partial charge in [-0.2, -0.15) is 0 Å². The Morgan fingerprint density at radius 2 is 2.00 bits per heavy atom. The van der Waals surface area contributed by atoms with Crippen LogP contribution in [-0.2, 0) is 6.54 Å². The van der Waals surface area contributed by atoms with Gasteiger partial charge in [-0.05, 0) is 57.5 Å². The predicted molar refractivity (Wildman–Crippen MR) is 111 cm³/mol. The number of aromatic nitrogens is 2. The number of para-hydroxylation sites is 1. The van der Waals surface area contributed by atoms with Gasteiger partial charge in [0.2, 0.25) is 5.89 Å². The van der Waals surface area contributed by atoms with Gasteiger partial charge in [-0.1, -0.05) is 12.1 Å². The van der Waals surface area contributed by atoms with E-state index in [0.717, 1.165) is 47.2 Å². The van der Waals surface area contributed by atoms with E-state index < -0.39 is 0 Å². The van der Waals surface area contributed by atoms with Crippen molar-refractivity contribution in [3.05, 3.63) is 57.7 Å². The molecule has 6 heteroatoms. The van der Waals surface area contributed by atoms with Crippen molar-refractivity contribution >= 4 is 32.9 Å². The number of aryl methyl sites for hydroxylation is 2. The highest BCUT2D eigenvalue weighted by Gasteiger charge is 2.30. The van der Waals surface area contributed by atoms with Gasteiger partial charge in [0.1, 0.15) is 10.8 Å². The van der Waals surface area contributed by atoms with Gasteiger partial charge in [-0.15, -0.1) is 22.7 Å². The van der Waals surface area contributed by atoms with E-state index in [2.05, 4.69) is 48.2 Å². The first kappa shape index (κ1) is 17.1. The second-order valence-electron chi connectivity index (χ2n) is 7.08. The molecule has 4 aromatic rings. The fraction of sp³-hybridized carbons (Fsp3) is 0.333. The van der Waals surface area contributed by atoms with Crippen LogP contribution >= 0.6 is 22.7 Å². The Morgan fingerprint density at radius 1 is 1.11 bits per heavy atom. The Balaban J connectivity index is 1.40. The number of likely N-dealkylation sites (tertiary alicyclic amines) is 1. The highest BCUT2D eigenvalue weighted by atomic mass is 32.1. The lowest BCUT2D eigenvalue weighted by Gasteiger charge is -2.21. The van der Waals surface area contributed by atoms with Crippen LogP contribution in [0, 0.1) is 13.8 Å². The maximum atomic E-state index is 5.97. The summed E-state index contributed by atoms with van der Waals surface area (Å²) in [7, 11) is 0. The van der Waals surface area contributed by atoms with Gasteiger partial charge >= 0.3 is 0 Å². The smallest absolute Gasteiger partial charge is 0.236 e. The van der Waals surface area contributed by atoms with Crippen LogP contribution in [0.3, 0.4) is 0 Å². The third-order valence-electron chi connectivity index (χ3n) is 5.16. The van der Waals surface area contributed by atoms with Crippen molar-refractivity contribution in [3.8, 4) is 10.8 Å². The molecule has 0 spiro atoms. The molecule has 0 amide bonds. The lowest BCUT2D eigenvalue weighted by atomic mass is 10.2. The minimum absolute atomic E-state index is 0.380. The predicted octanol–water partition coefficient (Wildman–Crippen LogP) is 5.97. The maximum absolute atomic E-state index is 5.97. The number of fused-ring (bicyclic) bond motifs is 1. The summed E-state index contributed by atoms with van der Waals surface area (Å²) < 4.78 is 7.24. The molecule has 1 aliphatic heterocycles. The summed E-state index contributed by atoms with van der Waals surface area (Å²) in [6.45, 7) is 6.04. The van der Waals surface area contributed by atoms with Crippen molar-refractivity contribution in [2.24, 2.45) is 0 Å². The first-order chi connectivity index (χ1) is 13.2. The molecule has 138 valence electrons. The van der Waals surface area contributed by atoms with E-state index in [0.29, 0.717) is 6.04 Å². The molecule has 1 saturated heterocycles. The monoisotopic (exact) mass is 395 g/mol. The fourth-order valence-corrected chi connectivity index (χ4v) is 5.68. The zero-order valence-electron chi connectivity index (χ0n) is 15.4. The first-order valence-corrected chi connectivity index (χ1v) is 10.9. The third kappa shape index (κ3) is 3.22. The molecule has 1 aliphatic rings. The summed E-state index contributed by atoms with van der Waals surface area (Å²) in [5.41, 5.74) is 2.15. The van der Waals surface area contributed by atoms with Crippen LogP contribution in [0.1, 0.15) is 40.2 Å². The Bertz CT molecular complexity index is 1060. The van der Waals surface area contributed by atoms with Gasteiger partial charge in [0.05, 0.1) is 26.8 Å². The van der Waals surface area contributed by atoms with Gasteiger partial charge in [-0.25, -0.2) is 9.97 Å². The summed E-state index contributed by atoms with van der Waals surface area (Å²) in [5.74, 6) is 1.67. The number of nitrogens with zero attached hydrogens (tertiary/aromatic N) is 3. The lowest BCUT2D eigenvalue weighted by molar-refractivity contribution is 0.244. The Hall–Kier alpha value is -2.02. The second kappa shape index (κ2) is 6.86. The van der Waals surface area contributed by atoms with E-state index in [-0.39, 0.29) is 0 Å². The number of hydrogen-bond acceptors (Lipinski definition) is 6. The fourth-order valence-electron chi connectivity index (χ4n) is 3.75. The van der Waals surface area contributed by atoms with E-state index in [1.807, 2.05) is 18.3 Å². The van der Waals surface area contributed by atoms with Crippen LogP contribution in [0.4, 0.5) is 0 Å². The molecule has 3 aromatic heterocycles. The van der Waals surface area contributed by atoms with Crippen LogP contribution in [0.15, 0.2) is 40.8 Å². The van der Waals surface area contributed by atoms with Gasteiger partial charge in [0.25, 0.3) is 0 Å². The maximum Gasteiger partial charge on any atom is 0.236 e. The Labute approximate surface area is 166 Å². The first-order valence-electron chi connectivity index (χ1n) is 9.30. The minimum Gasteiger partial charge on any atom is -0.440 e. The van der Waals surface area contributed by atoms with E-state index in [1.165, 1.54) is 21.0 Å². The minimum atomic E-state index is 0.380. The molecule has 1 atom stereocenters. The molecule has 0 saturated carbocycles. The molecule has 0 N–H and O–H groups in total. The van der Waals surface area contributed by atoms with Crippen LogP contribution in [0.5, 0.6) is 0 Å². The molecule has 0 aliphatic carbocycles. The lowest BCUT2D eigenvalue weighted by Crippen LogP contribution is -2.23. The van der Waals surface area contributed by atoms with Crippen LogP contribution in [-0.4, -0.2) is 21.4 Å². The van der Waals surface area contributed by atoms with E-state index in [1.54, 1.807) is 11.3 Å². The van der Waals surface area contributed by atoms with Crippen LogP contribution in [0.2, 0.25) is 0 Å². The largest absolute Gasteiger partial charge is 0.440 e. The number of rotatable bonds is 4. The summed E-state index contributed by atoms with van der Waals surface area (Å²) in [6.07, 6.45) is 2.36. The SMILES string of the molecule is Cc1ccc(-c2nc(CN3CCC[C@@H]3c3nc4ccccc4s3)c(C)o2)s1. The molecule has 4 nitrogen and oxygen atoms in total. The molecule has 0 bridgehead atoms. The molecule has 4 heterocycles. The molecule has 0 radical (unpaired) electrons. The normalized spacial score (nSPS) is 17.9. The number of thiazole rings is 1. The van der Waals surface area contributed by atoms with Gasteiger partial charge in [-0.3, -0.25) is 4.90 Å². The molecule has 0 unspecified atom stereocenters. The standard InChI is InChI=1S/C21H21N3OS2/c1-13-9-10-19(26-13)20-22-16(14(2)25-20)12-24-11-5-7-17(24)21-23-15-6-3-4-8-18(15)27-21/h3-4,6,8-10,17H,5,7,11-12H2,1-2H3/t17-/m1/s1. The average Bonchev–Trinajstić information content (AvgIpc) is 3.42. The summed E-state index contributed by atoms with van der Waals surface area (Å²) >= 11 is 3.55. The van der Waals surface area contributed by atoms with E-state index in [4.69, 9.17) is 14.4 Å². The van der Waals surface area contributed by atoms with E-state index in [9.17, 15) is 0 Å². The van der Waals surface area contributed by atoms with Crippen molar-refractivity contribution in [1.82, 2.24) is 14.9 Å². The average molecular weight is 396 g/mol.